The predicted molar refractivity (Wildman–Crippen MR) is 123 cm³/mol. The summed E-state index contributed by atoms with van der Waals surface area (Å²) in [6.07, 6.45) is 3.27. The fourth-order valence-corrected chi connectivity index (χ4v) is 4.08. The summed E-state index contributed by atoms with van der Waals surface area (Å²) in [7, 11) is 0. The average molecular weight is 450 g/mol. The van der Waals surface area contributed by atoms with Crippen molar-refractivity contribution in [2.75, 3.05) is 6.79 Å². The summed E-state index contributed by atoms with van der Waals surface area (Å²) in [5, 5.41) is 8.80. The van der Waals surface area contributed by atoms with Gasteiger partial charge in [0, 0.05) is 11.1 Å². The van der Waals surface area contributed by atoms with Gasteiger partial charge in [0.05, 0.1) is 24.0 Å². The van der Waals surface area contributed by atoms with Crippen LogP contribution in [0.4, 0.5) is 0 Å². The minimum Gasteiger partial charge on any atom is -0.454 e. The summed E-state index contributed by atoms with van der Waals surface area (Å²) in [6.45, 7) is 0.265. The van der Waals surface area contributed by atoms with Gasteiger partial charge in [-0.05, 0) is 42.0 Å². The highest BCUT2D eigenvalue weighted by molar-refractivity contribution is 6.33. The molecule has 166 valence electrons. The second kappa shape index (κ2) is 8.00. The number of carbonyl (C=O) groups is 2. The Morgan fingerprint density at radius 3 is 2.47 bits per heavy atom. The van der Waals surface area contributed by atoms with Crippen LogP contribution in [0.5, 0.6) is 11.5 Å². The first-order valence-corrected chi connectivity index (χ1v) is 10.7. The number of hydrogen-bond acceptors (Lipinski definition) is 6. The molecule has 3 aromatic carbocycles. The number of imide groups is 1. The Bertz CT molecular complexity index is 1460. The first-order chi connectivity index (χ1) is 16.7. The van der Waals surface area contributed by atoms with E-state index >= 15 is 0 Å². The Labute approximate surface area is 194 Å². The normalized spacial score (nSPS) is 15.6. The molecule has 0 saturated carbocycles. The van der Waals surface area contributed by atoms with Gasteiger partial charge in [0.2, 0.25) is 6.79 Å². The monoisotopic (exact) mass is 450 g/mol. The molecule has 8 heteroatoms. The van der Waals surface area contributed by atoms with E-state index in [0.29, 0.717) is 33.9 Å². The van der Waals surface area contributed by atoms with Gasteiger partial charge in [0.1, 0.15) is 5.69 Å². The van der Waals surface area contributed by atoms with E-state index in [1.165, 1.54) is 9.70 Å². The summed E-state index contributed by atoms with van der Waals surface area (Å²) >= 11 is 0. The number of hydrogen-bond donors (Lipinski definition) is 0. The van der Waals surface area contributed by atoms with Gasteiger partial charge >= 0.3 is 0 Å². The molecule has 8 nitrogen and oxygen atoms in total. The molecule has 3 heterocycles. The quantitative estimate of drug-likeness (QED) is 0.348. The maximum Gasteiger partial charge on any atom is 0.261 e. The lowest BCUT2D eigenvalue weighted by Gasteiger charge is -2.28. The van der Waals surface area contributed by atoms with E-state index in [2.05, 4.69) is 10.2 Å². The van der Waals surface area contributed by atoms with Crippen LogP contribution in [0.15, 0.2) is 79.0 Å². The van der Waals surface area contributed by atoms with Crippen molar-refractivity contribution in [1.82, 2.24) is 19.9 Å². The Hall–Kier alpha value is -4.72. The van der Waals surface area contributed by atoms with Gasteiger partial charge in [-0.3, -0.25) is 14.5 Å². The topological polar surface area (TPSA) is 86.5 Å². The van der Waals surface area contributed by atoms with E-state index < -0.39 is 5.91 Å². The van der Waals surface area contributed by atoms with Gasteiger partial charge in [-0.2, -0.15) is 9.90 Å². The first kappa shape index (κ1) is 19.9. The van der Waals surface area contributed by atoms with E-state index in [1.807, 2.05) is 42.5 Å². The van der Waals surface area contributed by atoms with Crippen molar-refractivity contribution in [3.63, 3.8) is 0 Å². The van der Waals surface area contributed by atoms with Gasteiger partial charge in [-0.15, -0.1) is 5.10 Å². The molecule has 0 spiro atoms. The fraction of sp³-hybridized carbons (Fsp3) is 0.0769. The van der Waals surface area contributed by atoms with Gasteiger partial charge in [0.25, 0.3) is 11.8 Å². The maximum atomic E-state index is 13.5. The third-order valence-corrected chi connectivity index (χ3v) is 5.73. The second-order valence-corrected chi connectivity index (χ2v) is 7.88. The zero-order chi connectivity index (χ0) is 23.1. The molecule has 0 radical (unpaired) electrons. The zero-order valence-corrected chi connectivity index (χ0v) is 17.9. The van der Waals surface area contributed by atoms with E-state index in [-0.39, 0.29) is 19.2 Å². The van der Waals surface area contributed by atoms with Gasteiger partial charge < -0.3 is 9.47 Å². The number of carbonyl (C=O) groups excluding carboxylic acids is 2. The predicted octanol–water partition coefficient (Wildman–Crippen LogP) is 3.72. The third kappa shape index (κ3) is 3.41. The first-order valence-electron chi connectivity index (χ1n) is 10.7. The van der Waals surface area contributed by atoms with Crippen molar-refractivity contribution in [2.24, 2.45) is 0 Å². The number of benzene rings is 3. The molecule has 6 rings (SSSR count). The smallest absolute Gasteiger partial charge is 0.261 e. The largest absolute Gasteiger partial charge is 0.454 e. The minimum atomic E-state index is -0.393. The fourth-order valence-electron chi connectivity index (χ4n) is 4.08. The summed E-state index contributed by atoms with van der Waals surface area (Å²) < 4.78 is 10.8. The van der Waals surface area contributed by atoms with Crippen LogP contribution in [-0.2, 0) is 11.3 Å². The Balaban J connectivity index is 1.37. The highest BCUT2D eigenvalue weighted by atomic mass is 16.7. The average Bonchev–Trinajstić information content (AvgIpc) is 3.54. The van der Waals surface area contributed by atoms with Crippen LogP contribution >= 0.6 is 0 Å². The molecule has 34 heavy (non-hydrogen) atoms. The molecule has 0 bridgehead atoms. The molecule has 2 aliphatic rings. The van der Waals surface area contributed by atoms with E-state index in [0.717, 1.165) is 11.3 Å². The number of fused-ring (bicyclic) bond motifs is 2. The molecule has 0 N–H and O–H groups in total. The van der Waals surface area contributed by atoms with Gasteiger partial charge in [-0.25, -0.2) is 0 Å². The highest BCUT2D eigenvalue weighted by Gasteiger charge is 2.35. The molecule has 0 aliphatic carbocycles. The van der Waals surface area contributed by atoms with Crippen molar-refractivity contribution >= 4 is 23.5 Å². The molecule has 1 aromatic heterocycles. The van der Waals surface area contributed by atoms with E-state index in [9.17, 15) is 9.59 Å². The molecule has 0 unspecified atom stereocenters. The Kier molecular flexibility index (Phi) is 4.69. The lowest BCUT2D eigenvalue weighted by Crippen LogP contribution is -2.41. The molecule has 2 aliphatic heterocycles. The number of aromatic nitrogens is 3. The Morgan fingerprint density at radius 1 is 0.853 bits per heavy atom. The van der Waals surface area contributed by atoms with Crippen LogP contribution in [0.2, 0.25) is 0 Å². The van der Waals surface area contributed by atoms with E-state index in [4.69, 9.17) is 9.47 Å². The van der Waals surface area contributed by atoms with Crippen molar-refractivity contribution in [2.45, 2.75) is 6.54 Å². The molecular weight excluding hydrogens is 432 g/mol. The molecule has 0 atom stereocenters. The maximum absolute atomic E-state index is 13.5. The zero-order valence-electron chi connectivity index (χ0n) is 17.9. The van der Waals surface area contributed by atoms with Crippen LogP contribution in [-0.4, -0.2) is 38.5 Å². The van der Waals surface area contributed by atoms with Crippen molar-refractivity contribution < 1.29 is 19.1 Å². The van der Waals surface area contributed by atoms with Gasteiger partial charge in [0.15, 0.2) is 11.5 Å². The lowest BCUT2D eigenvalue weighted by molar-refractivity contribution is -0.123. The SMILES string of the molecule is O=C1C(=Cc2cnn(-c3ccccc3)n2)c2ccccc2C(=O)N1Cc1ccc2c(c1)OCO2. The van der Waals surface area contributed by atoms with Crippen LogP contribution < -0.4 is 9.47 Å². The Morgan fingerprint density at radius 2 is 1.62 bits per heavy atom. The van der Waals surface area contributed by atoms with Crippen LogP contribution in [0, 0.1) is 0 Å². The molecular formula is C26H18N4O4. The highest BCUT2D eigenvalue weighted by Crippen LogP contribution is 2.35. The summed E-state index contributed by atoms with van der Waals surface area (Å²) in [4.78, 5) is 29.5. The summed E-state index contributed by atoms with van der Waals surface area (Å²) in [5.41, 5.74) is 3.51. The van der Waals surface area contributed by atoms with Crippen molar-refractivity contribution in [3.8, 4) is 17.2 Å². The number of nitrogens with zero attached hydrogens (tertiary/aromatic N) is 4. The number of ether oxygens (including phenoxy) is 2. The number of para-hydroxylation sites is 1. The molecule has 0 saturated heterocycles. The standard InChI is InChI=1S/C26H18N4O4/c31-25-21-9-5-4-8-20(21)22(13-18-14-27-30(28-18)19-6-2-1-3-7-19)26(32)29(25)15-17-10-11-23-24(12-17)34-16-33-23/h1-14H,15-16H2. The molecule has 0 fully saturated rings. The van der Waals surface area contributed by atoms with Crippen LogP contribution in [0.25, 0.3) is 17.3 Å². The van der Waals surface area contributed by atoms with Crippen LogP contribution in [0.3, 0.4) is 0 Å². The number of amides is 2. The van der Waals surface area contributed by atoms with Gasteiger partial charge in [-0.1, -0.05) is 42.5 Å². The van der Waals surface area contributed by atoms with Crippen molar-refractivity contribution in [1.29, 1.82) is 0 Å². The van der Waals surface area contributed by atoms with E-state index in [1.54, 1.807) is 42.6 Å². The second-order valence-electron chi connectivity index (χ2n) is 7.88. The third-order valence-electron chi connectivity index (χ3n) is 5.73. The minimum absolute atomic E-state index is 0.108. The lowest BCUT2D eigenvalue weighted by atomic mass is 9.92. The molecule has 4 aromatic rings. The summed E-state index contributed by atoms with van der Waals surface area (Å²) in [6, 6.07) is 22.0. The summed E-state index contributed by atoms with van der Waals surface area (Å²) in [5.74, 6) is 0.509. The molecule has 2 amide bonds. The van der Waals surface area contributed by atoms with Crippen molar-refractivity contribution in [3.05, 3.63) is 101 Å². The number of rotatable bonds is 4. The van der Waals surface area contributed by atoms with Crippen LogP contribution in [0.1, 0.15) is 27.2 Å².